The molecule has 0 aromatic heterocycles. The summed E-state index contributed by atoms with van der Waals surface area (Å²) in [6.07, 6.45) is 3.27. The summed E-state index contributed by atoms with van der Waals surface area (Å²) in [5.74, 6) is -1.82. The average Bonchev–Trinajstić information content (AvgIpc) is 2.67. The molecule has 0 spiro atoms. The lowest BCUT2D eigenvalue weighted by atomic mass is 10.1. The van der Waals surface area contributed by atoms with E-state index in [4.69, 9.17) is 10.8 Å². The third kappa shape index (κ3) is 5.58. The van der Waals surface area contributed by atoms with E-state index in [1.54, 1.807) is 0 Å². The van der Waals surface area contributed by atoms with Gasteiger partial charge in [0.15, 0.2) is 0 Å². The molecule has 0 radical (unpaired) electrons. The normalized spacial score (nSPS) is 20.4. The average molecular weight is 301 g/mol. The summed E-state index contributed by atoms with van der Waals surface area (Å²) < 4.78 is 0. The highest BCUT2D eigenvalue weighted by atomic mass is 16.4. The number of aliphatic hydroxyl groups excluding tert-OH is 1. The van der Waals surface area contributed by atoms with E-state index in [0.717, 1.165) is 19.3 Å². The highest BCUT2D eigenvalue weighted by Crippen LogP contribution is 2.16. The molecule has 2 atom stereocenters. The number of carbonyl (C=O) groups excluding carboxylic acids is 2. The molecule has 0 bridgehead atoms. The van der Waals surface area contributed by atoms with Crippen LogP contribution in [0.3, 0.4) is 0 Å². The van der Waals surface area contributed by atoms with Crippen molar-refractivity contribution in [2.45, 2.75) is 50.6 Å². The molecule has 8 nitrogen and oxygen atoms in total. The van der Waals surface area contributed by atoms with Gasteiger partial charge in [0.05, 0.1) is 12.6 Å². The Morgan fingerprint density at radius 1 is 1.29 bits per heavy atom. The first kappa shape index (κ1) is 17.2. The molecular weight excluding hydrogens is 278 g/mol. The molecule has 0 aliphatic carbocycles. The summed E-state index contributed by atoms with van der Waals surface area (Å²) in [7, 11) is 0. The smallest absolute Gasteiger partial charge is 0.326 e. The Bertz CT molecular complexity index is 388. The van der Waals surface area contributed by atoms with Gasteiger partial charge >= 0.3 is 12.0 Å². The highest BCUT2D eigenvalue weighted by molar-refractivity contribution is 5.83. The Labute approximate surface area is 123 Å². The Kier molecular flexibility index (Phi) is 6.93. The van der Waals surface area contributed by atoms with E-state index in [1.807, 2.05) is 0 Å². The van der Waals surface area contributed by atoms with Gasteiger partial charge in [-0.05, 0) is 19.3 Å². The van der Waals surface area contributed by atoms with Gasteiger partial charge in [0.1, 0.15) is 6.04 Å². The molecule has 0 saturated carbocycles. The van der Waals surface area contributed by atoms with Crippen molar-refractivity contribution in [1.29, 1.82) is 0 Å². The van der Waals surface area contributed by atoms with Crippen LogP contribution < -0.4 is 11.1 Å². The Morgan fingerprint density at radius 2 is 2.00 bits per heavy atom. The zero-order valence-corrected chi connectivity index (χ0v) is 12.0. The largest absolute Gasteiger partial charge is 0.480 e. The first-order valence-corrected chi connectivity index (χ1v) is 7.14. The lowest BCUT2D eigenvalue weighted by Gasteiger charge is -2.30. The minimum atomic E-state index is -1.21. The number of nitrogens with two attached hydrogens (primary N) is 1. The van der Waals surface area contributed by atoms with Crippen molar-refractivity contribution in [3.63, 3.8) is 0 Å². The van der Waals surface area contributed by atoms with E-state index in [9.17, 15) is 19.5 Å². The summed E-state index contributed by atoms with van der Waals surface area (Å²) >= 11 is 0. The number of aliphatic carboxylic acids is 1. The number of amides is 3. The van der Waals surface area contributed by atoms with Crippen LogP contribution in [-0.4, -0.2) is 58.3 Å². The fourth-order valence-electron chi connectivity index (χ4n) is 2.41. The lowest BCUT2D eigenvalue weighted by Crippen LogP contribution is -2.52. The van der Waals surface area contributed by atoms with Gasteiger partial charge < -0.3 is 26.2 Å². The van der Waals surface area contributed by atoms with Gasteiger partial charge in [-0.2, -0.15) is 0 Å². The van der Waals surface area contributed by atoms with Crippen LogP contribution in [-0.2, 0) is 9.59 Å². The molecule has 3 amide bonds. The fourth-order valence-corrected chi connectivity index (χ4v) is 2.41. The van der Waals surface area contributed by atoms with Crippen molar-refractivity contribution in [3.05, 3.63) is 0 Å². The van der Waals surface area contributed by atoms with E-state index in [-0.39, 0.29) is 25.5 Å². The predicted octanol–water partition coefficient (Wildman–Crippen LogP) is -0.348. The van der Waals surface area contributed by atoms with Crippen molar-refractivity contribution >= 4 is 17.9 Å². The zero-order valence-electron chi connectivity index (χ0n) is 12.0. The van der Waals surface area contributed by atoms with Crippen LogP contribution in [0.1, 0.15) is 38.5 Å². The third-order valence-electron chi connectivity index (χ3n) is 3.62. The number of carbonyl (C=O) groups is 3. The Balaban J connectivity index is 2.65. The van der Waals surface area contributed by atoms with Crippen molar-refractivity contribution in [1.82, 2.24) is 10.2 Å². The van der Waals surface area contributed by atoms with E-state index >= 15 is 0 Å². The Hall–Kier alpha value is -1.83. The van der Waals surface area contributed by atoms with Crippen LogP contribution >= 0.6 is 0 Å². The van der Waals surface area contributed by atoms with Gasteiger partial charge in [0.25, 0.3) is 0 Å². The highest BCUT2D eigenvalue weighted by Gasteiger charge is 2.28. The van der Waals surface area contributed by atoms with Gasteiger partial charge in [-0.3, -0.25) is 4.79 Å². The number of nitrogens with zero attached hydrogens (tertiary/aromatic N) is 1. The monoisotopic (exact) mass is 301 g/mol. The molecular formula is C13H23N3O5. The summed E-state index contributed by atoms with van der Waals surface area (Å²) in [5.41, 5.74) is 4.99. The minimum absolute atomic E-state index is 0.0476. The molecule has 1 heterocycles. The first-order valence-electron chi connectivity index (χ1n) is 7.14. The van der Waals surface area contributed by atoms with E-state index in [0.29, 0.717) is 13.0 Å². The fraction of sp³-hybridized carbons (Fsp3) is 0.769. The zero-order chi connectivity index (χ0) is 15.8. The summed E-state index contributed by atoms with van der Waals surface area (Å²) in [6, 6.07) is -1.97. The SMILES string of the molecule is NC(=O)CC[C@@H](NC(=O)N1CCCCCC1CO)C(=O)O. The van der Waals surface area contributed by atoms with E-state index < -0.39 is 23.9 Å². The van der Waals surface area contributed by atoms with Crippen LogP contribution in [0, 0.1) is 0 Å². The molecule has 120 valence electrons. The second-order valence-electron chi connectivity index (χ2n) is 5.22. The summed E-state index contributed by atoms with van der Waals surface area (Å²) in [4.78, 5) is 35.5. The van der Waals surface area contributed by atoms with Crippen LogP contribution in [0.15, 0.2) is 0 Å². The molecule has 1 saturated heterocycles. The van der Waals surface area contributed by atoms with Crippen molar-refractivity contribution < 1.29 is 24.6 Å². The van der Waals surface area contributed by atoms with Crippen LogP contribution in [0.4, 0.5) is 4.79 Å². The number of carboxylic acid groups (broad SMARTS) is 1. The third-order valence-corrected chi connectivity index (χ3v) is 3.62. The van der Waals surface area contributed by atoms with Crippen molar-refractivity contribution in [2.24, 2.45) is 5.73 Å². The number of primary amides is 1. The van der Waals surface area contributed by atoms with Crippen molar-refractivity contribution in [3.8, 4) is 0 Å². The van der Waals surface area contributed by atoms with Crippen LogP contribution in [0.25, 0.3) is 0 Å². The predicted molar refractivity (Wildman–Crippen MR) is 74.4 cm³/mol. The molecule has 0 aromatic carbocycles. The second kappa shape index (κ2) is 8.46. The molecule has 1 aliphatic rings. The molecule has 21 heavy (non-hydrogen) atoms. The van der Waals surface area contributed by atoms with E-state index in [1.165, 1.54) is 4.90 Å². The molecule has 1 rings (SSSR count). The Morgan fingerprint density at radius 3 is 2.57 bits per heavy atom. The van der Waals surface area contributed by atoms with Gasteiger partial charge in [-0.25, -0.2) is 9.59 Å². The maximum atomic E-state index is 12.2. The van der Waals surface area contributed by atoms with Gasteiger partial charge in [-0.1, -0.05) is 12.8 Å². The van der Waals surface area contributed by atoms with Gasteiger partial charge in [0, 0.05) is 13.0 Å². The molecule has 5 N–H and O–H groups in total. The van der Waals surface area contributed by atoms with Crippen LogP contribution in [0.2, 0.25) is 0 Å². The number of rotatable bonds is 6. The minimum Gasteiger partial charge on any atom is -0.480 e. The molecule has 1 fully saturated rings. The number of likely N-dealkylation sites (tertiary alicyclic amines) is 1. The van der Waals surface area contributed by atoms with Crippen LogP contribution in [0.5, 0.6) is 0 Å². The molecule has 8 heteroatoms. The maximum Gasteiger partial charge on any atom is 0.326 e. The van der Waals surface area contributed by atoms with Gasteiger partial charge in [-0.15, -0.1) is 0 Å². The molecule has 1 unspecified atom stereocenters. The van der Waals surface area contributed by atoms with E-state index in [2.05, 4.69) is 5.32 Å². The van der Waals surface area contributed by atoms with Gasteiger partial charge in [0.2, 0.25) is 5.91 Å². The number of carboxylic acids is 1. The number of aliphatic hydroxyl groups is 1. The second-order valence-corrected chi connectivity index (χ2v) is 5.22. The first-order chi connectivity index (χ1) is 9.95. The number of hydrogen-bond acceptors (Lipinski definition) is 4. The van der Waals surface area contributed by atoms with Crippen molar-refractivity contribution in [2.75, 3.05) is 13.2 Å². The topological polar surface area (TPSA) is 133 Å². The summed E-state index contributed by atoms with van der Waals surface area (Å²) in [5, 5.41) is 20.8. The number of hydrogen-bond donors (Lipinski definition) is 4. The maximum absolute atomic E-state index is 12.2. The summed E-state index contributed by atoms with van der Waals surface area (Å²) in [6.45, 7) is 0.339. The molecule has 0 aromatic rings. The lowest BCUT2D eigenvalue weighted by molar-refractivity contribution is -0.139. The standard InChI is InChI=1S/C13H23N3O5/c14-11(18)6-5-10(12(19)20)15-13(21)16-7-3-1-2-4-9(16)8-17/h9-10,17H,1-8H2,(H2,14,18)(H,15,21)(H,19,20)/t9?,10-/m1/s1. The molecule has 1 aliphatic heterocycles. The number of nitrogens with one attached hydrogen (secondary N) is 1. The number of urea groups is 1. The quantitative estimate of drug-likeness (QED) is 0.532.